The van der Waals surface area contributed by atoms with Crippen molar-refractivity contribution in [1.29, 1.82) is 0 Å². The number of carbonyl (C=O) groups is 1. The number of esters is 1. The topological polar surface area (TPSA) is 81.5 Å². The first kappa shape index (κ1) is 18.1. The Labute approximate surface area is 152 Å². The molecule has 136 valence electrons. The molecule has 6 nitrogen and oxygen atoms in total. The van der Waals surface area contributed by atoms with Gasteiger partial charge in [0.2, 0.25) is 6.54 Å². The molecule has 3 rings (SSSR count). The lowest BCUT2D eigenvalue weighted by atomic mass is 9.78. The minimum Gasteiger partial charge on any atom is -0.468 e. The molecular formula is C20H22N2O4. The summed E-state index contributed by atoms with van der Waals surface area (Å²) in [5, 5.41) is 14.8. The van der Waals surface area contributed by atoms with E-state index in [1.54, 1.807) is 0 Å². The molecule has 2 aromatic carbocycles. The number of nitrogens with one attached hydrogen (secondary N) is 1. The smallest absolute Gasteiger partial charge is 0.326 e. The number of carbonyl (C=O) groups excluding carboxylic acids is 1. The van der Waals surface area contributed by atoms with Gasteiger partial charge in [0.1, 0.15) is 5.54 Å². The summed E-state index contributed by atoms with van der Waals surface area (Å²) in [5.74, 6) is -1.06. The van der Waals surface area contributed by atoms with Crippen LogP contribution in [0.1, 0.15) is 35.9 Å². The zero-order valence-corrected chi connectivity index (χ0v) is 14.6. The normalized spacial score (nSPS) is 23.3. The van der Waals surface area contributed by atoms with E-state index < -0.39 is 17.4 Å². The van der Waals surface area contributed by atoms with Crippen LogP contribution in [-0.2, 0) is 9.53 Å². The lowest BCUT2D eigenvalue weighted by Gasteiger charge is -2.34. The van der Waals surface area contributed by atoms with Gasteiger partial charge < -0.3 is 4.74 Å². The summed E-state index contributed by atoms with van der Waals surface area (Å²) in [6, 6.07) is 18.9. The molecule has 1 unspecified atom stereocenters. The summed E-state index contributed by atoms with van der Waals surface area (Å²) >= 11 is 0. The number of rotatable bonds is 6. The fraction of sp³-hybridized carbons (Fsp3) is 0.350. The maximum Gasteiger partial charge on any atom is 0.326 e. The Balaban J connectivity index is 2.01. The van der Waals surface area contributed by atoms with E-state index in [0.29, 0.717) is 12.8 Å². The molecule has 0 spiro atoms. The van der Waals surface area contributed by atoms with E-state index in [0.717, 1.165) is 11.1 Å². The molecule has 1 N–H and O–H groups in total. The van der Waals surface area contributed by atoms with E-state index in [4.69, 9.17) is 4.74 Å². The fourth-order valence-electron chi connectivity index (χ4n) is 3.90. The average molecular weight is 354 g/mol. The Morgan fingerprint density at radius 2 is 1.85 bits per heavy atom. The van der Waals surface area contributed by atoms with Crippen molar-refractivity contribution in [2.75, 3.05) is 13.7 Å². The molecule has 0 saturated carbocycles. The minimum atomic E-state index is -1.12. The van der Waals surface area contributed by atoms with Crippen molar-refractivity contribution in [2.24, 2.45) is 0 Å². The van der Waals surface area contributed by atoms with Gasteiger partial charge >= 0.3 is 5.97 Å². The van der Waals surface area contributed by atoms with E-state index in [-0.39, 0.29) is 17.5 Å². The first-order chi connectivity index (χ1) is 12.6. The molecule has 0 amide bonds. The lowest BCUT2D eigenvalue weighted by molar-refractivity contribution is -0.485. The third-order valence-corrected chi connectivity index (χ3v) is 5.14. The largest absolute Gasteiger partial charge is 0.468 e. The summed E-state index contributed by atoms with van der Waals surface area (Å²) in [6.07, 6.45) is 1.19. The molecule has 1 saturated heterocycles. The van der Waals surface area contributed by atoms with Gasteiger partial charge in [-0.05, 0) is 24.0 Å². The molecule has 1 aliphatic rings. The Hall–Kier alpha value is -2.73. The van der Waals surface area contributed by atoms with Crippen LogP contribution in [-0.4, -0.2) is 30.1 Å². The van der Waals surface area contributed by atoms with E-state index >= 15 is 0 Å². The Morgan fingerprint density at radius 3 is 2.42 bits per heavy atom. The maximum atomic E-state index is 12.8. The highest BCUT2D eigenvalue weighted by Crippen LogP contribution is 2.42. The summed E-state index contributed by atoms with van der Waals surface area (Å²) in [7, 11) is 1.33. The zero-order valence-electron chi connectivity index (χ0n) is 14.6. The monoisotopic (exact) mass is 354 g/mol. The predicted octanol–water partition coefficient (Wildman–Crippen LogP) is 3.08. The third kappa shape index (κ3) is 3.46. The number of ether oxygens (including phenoxy) is 1. The number of nitrogens with zero attached hydrogens (tertiary/aromatic N) is 1. The number of nitro groups is 1. The van der Waals surface area contributed by atoms with Gasteiger partial charge in [0, 0.05) is 11.0 Å². The van der Waals surface area contributed by atoms with Gasteiger partial charge in [-0.3, -0.25) is 20.2 Å². The van der Waals surface area contributed by atoms with Crippen molar-refractivity contribution in [3.63, 3.8) is 0 Å². The van der Waals surface area contributed by atoms with Crippen LogP contribution in [0.25, 0.3) is 0 Å². The average Bonchev–Trinajstić information content (AvgIpc) is 3.13. The van der Waals surface area contributed by atoms with Gasteiger partial charge in [-0.2, -0.15) is 0 Å². The minimum absolute atomic E-state index is 0.0479. The van der Waals surface area contributed by atoms with E-state index in [1.807, 2.05) is 60.7 Å². The van der Waals surface area contributed by atoms with Crippen LogP contribution in [0.5, 0.6) is 0 Å². The number of hydrogen-bond acceptors (Lipinski definition) is 5. The standard InChI is InChI=1S/C20H22N2O4/c1-26-19(23)20(13-12-18(21-20)16-10-6-3-7-11-16)17(14-22(24)25)15-8-4-2-5-9-15/h2-11,17-18,21H,12-14H2,1H3/t17-,18?,20+/m1/s1. The van der Waals surface area contributed by atoms with Crippen LogP contribution >= 0.6 is 0 Å². The van der Waals surface area contributed by atoms with Crippen LogP contribution in [0.3, 0.4) is 0 Å². The molecule has 3 atom stereocenters. The molecule has 0 radical (unpaired) electrons. The van der Waals surface area contributed by atoms with E-state index in [9.17, 15) is 14.9 Å². The molecule has 0 bridgehead atoms. The van der Waals surface area contributed by atoms with Gasteiger partial charge in [0.25, 0.3) is 0 Å². The highest BCUT2D eigenvalue weighted by Gasteiger charge is 2.54. The van der Waals surface area contributed by atoms with Gasteiger partial charge in [0.15, 0.2) is 0 Å². The number of benzene rings is 2. The quantitative estimate of drug-likeness (QED) is 0.490. The third-order valence-electron chi connectivity index (χ3n) is 5.14. The van der Waals surface area contributed by atoms with Crippen LogP contribution in [0.15, 0.2) is 60.7 Å². The summed E-state index contributed by atoms with van der Waals surface area (Å²) in [4.78, 5) is 23.8. The number of methoxy groups -OCH3 is 1. The van der Waals surface area contributed by atoms with E-state index in [2.05, 4.69) is 5.32 Å². The van der Waals surface area contributed by atoms with Crippen LogP contribution in [0.4, 0.5) is 0 Å². The van der Waals surface area contributed by atoms with Gasteiger partial charge in [0.05, 0.1) is 13.0 Å². The highest BCUT2D eigenvalue weighted by atomic mass is 16.6. The van der Waals surface area contributed by atoms with E-state index in [1.165, 1.54) is 7.11 Å². The maximum absolute atomic E-state index is 12.8. The second-order valence-corrected chi connectivity index (χ2v) is 6.59. The second-order valence-electron chi connectivity index (χ2n) is 6.59. The molecule has 1 heterocycles. The van der Waals surface area contributed by atoms with Crippen molar-refractivity contribution in [3.05, 3.63) is 81.9 Å². The Morgan fingerprint density at radius 1 is 1.23 bits per heavy atom. The molecule has 2 aromatic rings. The summed E-state index contributed by atoms with van der Waals surface area (Å²) in [5.41, 5.74) is 0.700. The van der Waals surface area contributed by atoms with Crippen molar-refractivity contribution in [1.82, 2.24) is 5.32 Å². The predicted molar refractivity (Wildman–Crippen MR) is 97.3 cm³/mol. The molecule has 26 heavy (non-hydrogen) atoms. The highest BCUT2D eigenvalue weighted by molar-refractivity contribution is 5.83. The van der Waals surface area contributed by atoms with Crippen LogP contribution in [0, 0.1) is 10.1 Å². The molecule has 6 heteroatoms. The summed E-state index contributed by atoms with van der Waals surface area (Å²) in [6.45, 7) is -0.340. The molecule has 0 aliphatic carbocycles. The first-order valence-corrected chi connectivity index (χ1v) is 8.64. The van der Waals surface area contributed by atoms with Crippen molar-refractivity contribution in [2.45, 2.75) is 30.3 Å². The van der Waals surface area contributed by atoms with Crippen LogP contribution < -0.4 is 5.32 Å². The molecule has 1 aliphatic heterocycles. The van der Waals surface area contributed by atoms with Gasteiger partial charge in [-0.15, -0.1) is 0 Å². The molecule has 0 aromatic heterocycles. The SMILES string of the molecule is COC(=O)[C@@]1([C@H](C[N+](=O)[O-])c2ccccc2)CCC(c2ccccc2)N1. The van der Waals surface area contributed by atoms with Gasteiger partial charge in [-0.1, -0.05) is 60.7 Å². The van der Waals surface area contributed by atoms with Crippen molar-refractivity contribution < 1.29 is 14.5 Å². The lowest BCUT2D eigenvalue weighted by Crippen LogP contribution is -2.55. The van der Waals surface area contributed by atoms with Crippen molar-refractivity contribution >= 4 is 5.97 Å². The fourth-order valence-corrected chi connectivity index (χ4v) is 3.90. The number of hydrogen-bond donors (Lipinski definition) is 1. The van der Waals surface area contributed by atoms with Gasteiger partial charge in [-0.25, -0.2) is 0 Å². The van der Waals surface area contributed by atoms with Crippen molar-refractivity contribution in [3.8, 4) is 0 Å². The summed E-state index contributed by atoms with van der Waals surface area (Å²) < 4.78 is 5.08. The Kier molecular flexibility index (Phi) is 5.32. The van der Waals surface area contributed by atoms with Crippen LogP contribution in [0.2, 0.25) is 0 Å². The molecule has 1 fully saturated rings. The zero-order chi connectivity index (χ0) is 18.6. The molecular weight excluding hydrogens is 332 g/mol. The Bertz CT molecular complexity index is 766. The first-order valence-electron chi connectivity index (χ1n) is 8.64. The second kappa shape index (κ2) is 7.66.